The lowest BCUT2D eigenvalue weighted by Gasteiger charge is -2.10. The molecule has 3 aromatic carbocycles. The molecule has 158 valence electrons. The van der Waals surface area contributed by atoms with Crippen molar-refractivity contribution in [2.75, 3.05) is 11.9 Å². The molecule has 0 heterocycles. The lowest BCUT2D eigenvalue weighted by Crippen LogP contribution is -2.14. The maximum Gasteiger partial charge on any atom is 0.289 e. The topological polar surface area (TPSA) is 125 Å². The van der Waals surface area contributed by atoms with Crippen molar-refractivity contribution in [3.05, 3.63) is 104 Å². The molecule has 0 aliphatic carbocycles. The summed E-state index contributed by atoms with van der Waals surface area (Å²) >= 11 is 0. The van der Waals surface area contributed by atoms with Gasteiger partial charge in [0.15, 0.2) is 0 Å². The SMILES string of the molecule is O=C(Nc1cccc(OCCCc2ccccc2)c1)c1ccc([N+](=O)[O-])cc1[N+](=O)[O-]. The fourth-order valence-corrected chi connectivity index (χ4v) is 2.95. The molecule has 0 saturated carbocycles. The monoisotopic (exact) mass is 421 g/mol. The van der Waals surface area contributed by atoms with Gasteiger partial charge in [0.25, 0.3) is 17.3 Å². The van der Waals surface area contributed by atoms with Crippen LogP contribution < -0.4 is 10.1 Å². The summed E-state index contributed by atoms with van der Waals surface area (Å²) in [6.07, 6.45) is 1.69. The van der Waals surface area contributed by atoms with Crippen molar-refractivity contribution in [2.24, 2.45) is 0 Å². The number of benzene rings is 3. The van der Waals surface area contributed by atoms with Gasteiger partial charge in [0.2, 0.25) is 0 Å². The van der Waals surface area contributed by atoms with Gasteiger partial charge in [-0.1, -0.05) is 36.4 Å². The van der Waals surface area contributed by atoms with Gasteiger partial charge in [-0.25, -0.2) is 0 Å². The second-order valence-corrected chi connectivity index (χ2v) is 6.64. The van der Waals surface area contributed by atoms with Crippen LogP contribution >= 0.6 is 0 Å². The molecule has 9 nitrogen and oxygen atoms in total. The highest BCUT2D eigenvalue weighted by molar-refractivity contribution is 6.07. The van der Waals surface area contributed by atoms with Crippen LogP contribution in [-0.2, 0) is 6.42 Å². The van der Waals surface area contributed by atoms with Crippen LogP contribution in [0.4, 0.5) is 17.1 Å². The van der Waals surface area contributed by atoms with Gasteiger partial charge in [-0.2, -0.15) is 0 Å². The zero-order valence-corrected chi connectivity index (χ0v) is 16.4. The third-order valence-corrected chi connectivity index (χ3v) is 4.45. The van der Waals surface area contributed by atoms with E-state index in [1.807, 2.05) is 30.3 Å². The summed E-state index contributed by atoms with van der Waals surface area (Å²) in [6, 6.07) is 19.6. The Morgan fingerprint density at radius 3 is 2.39 bits per heavy atom. The quantitative estimate of drug-likeness (QED) is 0.301. The van der Waals surface area contributed by atoms with Crippen molar-refractivity contribution in [2.45, 2.75) is 12.8 Å². The molecule has 0 fully saturated rings. The number of amides is 1. The van der Waals surface area contributed by atoms with E-state index in [-0.39, 0.29) is 5.56 Å². The van der Waals surface area contributed by atoms with Crippen molar-refractivity contribution < 1.29 is 19.4 Å². The van der Waals surface area contributed by atoms with Crippen molar-refractivity contribution in [1.29, 1.82) is 0 Å². The van der Waals surface area contributed by atoms with Crippen molar-refractivity contribution in [3.8, 4) is 5.75 Å². The van der Waals surface area contributed by atoms with E-state index in [4.69, 9.17) is 4.74 Å². The molecule has 3 aromatic rings. The summed E-state index contributed by atoms with van der Waals surface area (Å²) in [7, 11) is 0. The molecular formula is C22H19N3O6. The predicted octanol–water partition coefficient (Wildman–Crippen LogP) is 4.77. The number of aryl methyl sites for hydroxylation is 1. The number of nitrogens with zero attached hydrogens (tertiary/aromatic N) is 2. The molecule has 0 aliphatic rings. The lowest BCUT2D eigenvalue weighted by atomic mass is 10.1. The van der Waals surface area contributed by atoms with Gasteiger partial charge in [-0.15, -0.1) is 0 Å². The van der Waals surface area contributed by atoms with Crippen LogP contribution in [0.25, 0.3) is 0 Å². The minimum absolute atomic E-state index is 0.273. The van der Waals surface area contributed by atoms with Crippen LogP contribution in [0.15, 0.2) is 72.8 Å². The Morgan fingerprint density at radius 1 is 0.903 bits per heavy atom. The fourth-order valence-electron chi connectivity index (χ4n) is 2.95. The van der Waals surface area contributed by atoms with Crippen LogP contribution in [0, 0.1) is 20.2 Å². The molecule has 9 heteroatoms. The molecule has 0 atom stereocenters. The first kappa shape index (κ1) is 21.4. The van der Waals surface area contributed by atoms with Crippen molar-refractivity contribution in [3.63, 3.8) is 0 Å². The molecular weight excluding hydrogens is 402 g/mol. The third kappa shape index (κ3) is 5.86. The number of rotatable bonds is 9. The number of nitro benzene ring substituents is 2. The summed E-state index contributed by atoms with van der Waals surface area (Å²) in [5.41, 5.74) is 0.231. The summed E-state index contributed by atoms with van der Waals surface area (Å²) in [6.45, 7) is 0.486. The number of non-ortho nitro benzene ring substituents is 1. The second kappa shape index (κ2) is 9.97. The van der Waals surface area contributed by atoms with Gasteiger partial charge in [0.05, 0.1) is 22.5 Å². The molecule has 3 rings (SSSR count). The van der Waals surface area contributed by atoms with Crippen LogP contribution in [0.2, 0.25) is 0 Å². The van der Waals surface area contributed by atoms with E-state index < -0.39 is 27.1 Å². The summed E-state index contributed by atoms with van der Waals surface area (Å²) < 4.78 is 5.73. The molecule has 0 spiro atoms. The van der Waals surface area contributed by atoms with Crippen LogP contribution in [0.5, 0.6) is 5.75 Å². The number of hydrogen-bond acceptors (Lipinski definition) is 6. The molecule has 0 aliphatic heterocycles. The molecule has 0 saturated heterocycles. The number of nitro groups is 2. The van der Waals surface area contributed by atoms with Gasteiger partial charge in [-0.3, -0.25) is 25.0 Å². The van der Waals surface area contributed by atoms with Gasteiger partial charge in [-0.05, 0) is 36.6 Å². The first-order chi connectivity index (χ1) is 14.9. The van der Waals surface area contributed by atoms with Crippen LogP contribution in [0.3, 0.4) is 0 Å². The summed E-state index contributed by atoms with van der Waals surface area (Å²) in [5.74, 6) is -0.202. The highest BCUT2D eigenvalue weighted by Crippen LogP contribution is 2.26. The minimum Gasteiger partial charge on any atom is -0.494 e. The Kier molecular flexibility index (Phi) is 6.89. The highest BCUT2D eigenvalue weighted by atomic mass is 16.6. The fraction of sp³-hybridized carbons (Fsp3) is 0.136. The zero-order valence-electron chi connectivity index (χ0n) is 16.4. The zero-order chi connectivity index (χ0) is 22.2. The summed E-state index contributed by atoms with van der Waals surface area (Å²) in [5, 5.41) is 24.6. The third-order valence-electron chi connectivity index (χ3n) is 4.45. The molecule has 1 amide bonds. The Morgan fingerprint density at radius 2 is 1.68 bits per heavy atom. The van der Waals surface area contributed by atoms with Gasteiger partial charge in [0.1, 0.15) is 11.3 Å². The van der Waals surface area contributed by atoms with E-state index in [1.165, 1.54) is 5.56 Å². The first-order valence-electron chi connectivity index (χ1n) is 9.45. The number of carbonyl (C=O) groups excluding carboxylic acids is 1. The number of ether oxygens (including phenoxy) is 1. The number of nitrogens with one attached hydrogen (secondary N) is 1. The average Bonchev–Trinajstić information content (AvgIpc) is 2.77. The minimum atomic E-state index is -0.825. The second-order valence-electron chi connectivity index (χ2n) is 6.64. The summed E-state index contributed by atoms with van der Waals surface area (Å²) in [4.78, 5) is 33.0. The Bertz CT molecular complexity index is 1100. The first-order valence-corrected chi connectivity index (χ1v) is 9.45. The smallest absolute Gasteiger partial charge is 0.289 e. The van der Waals surface area contributed by atoms with E-state index in [2.05, 4.69) is 5.32 Å². The van der Waals surface area contributed by atoms with E-state index in [0.29, 0.717) is 18.0 Å². The van der Waals surface area contributed by atoms with Crippen molar-refractivity contribution >= 4 is 23.0 Å². The predicted molar refractivity (Wildman–Crippen MR) is 114 cm³/mol. The average molecular weight is 421 g/mol. The van der Waals surface area contributed by atoms with Crippen LogP contribution in [-0.4, -0.2) is 22.4 Å². The Hall–Kier alpha value is -4.27. The molecule has 0 aromatic heterocycles. The number of anilines is 1. The largest absolute Gasteiger partial charge is 0.494 e. The Balaban J connectivity index is 1.63. The van der Waals surface area contributed by atoms with E-state index in [9.17, 15) is 25.0 Å². The van der Waals surface area contributed by atoms with E-state index in [1.54, 1.807) is 24.3 Å². The van der Waals surface area contributed by atoms with Gasteiger partial charge >= 0.3 is 0 Å². The standard InChI is InChI=1S/C22H19N3O6/c26-22(20-12-11-18(24(27)28)15-21(20)25(29)30)23-17-9-4-10-19(14-17)31-13-5-8-16-6-2-1-3-7-16/h1-4,6-7,9-12,14-15H,5,8,13H2,(H,23,26). The van der Waals surface area contributed by atoms with E-state index in [0.717, 1.165) is 31.0 Å². The molecule has 0 bridgehead atoms. The maximum absolute atomic E-state index is 12.5. The number of hydrogen-bond donors (Lipinski definition) is 1. The van der Waals surface area contributed by atoms with Gasteiger partial charge < -0.3 is 10.1 Å². The molecule has 0 unspecified atom stereocenters. The molecule has 0 radical (unpaired) electrons. The highest BCUT2D eigenvalue weighted by Gasteiger charge is 2.24. The number of carbonyl (C=O) groups is 1. The Labute approximate surface area is 177 Å². The molecule has 1 N–H and O–H groups in total. The maximum atomic E-state index is 12.5. The normalized spacial score (nSPS) is 10.3. The molecule has 31 heavy (non-hydrogen) atoms. The van der Waals surface area contributed by atoms with Gasteiger partial charge in [0, 0.05) is 17.8 Å². The lowest BCUT2D eigenvalue weighted by molar-refractivity contribution is -0.394. The van der Waals surface area contributed by atoms with Crippen LogP contribution in [0.1, 0.15) is 22.3 Å². The van der Waals surface area contributed by atoms with E-state index >= 15 is 0 Å². The van der Waals surface area contributed by atoms with Crippen molar-refractivity contribution in [1.82, 2.24) is 0 Å².